The molecular formula is C13H26N2O3. The van der Waals surface area contributed by atoms with Crippen LogP contribution in [0.5, 0.6) is 0 Å². The van der Waals surface area contributed by atoms with E-state index in [-0.39, 0.29) is 11.4 Å². The Kier molecular flexibility index (Phi) is 6.73. The van der Waals surface area contributed by atoms with E-state index in [9.17, 15) is 9.59 Å². The number of nitrogens with one attached hydrogen (secondary N) is 1. The lowest BCUT2D eigenvalue weighted by atomic mass is 9.96. The summed E-state index contributed by atoms with van der Waals surface area (Å²) >= 11 is 0. The van der Waals surface area contributed by atoms with Crippen LogP contribution in [0.1, 0.15) is 47.0 Å². The number of urea groups is 1. The summed E-state index contributed by atoms with van der Waals surface area (Å²) in [4.78, 5) is 24.4. The van der Waals surface area contributed by atoms with Gasteiger partial charge >= 0.3 is 12.0 Å². The van der Waals surface area contributed by atoms with Crippen molar-refractivity contribution in [1.29, 1.82) is 0 Å². The van der Waals surface area contributed by atoms with Crippen LogP contribution in [-0.2, 0) is 4.79 Å². The molecule has 0 aliphatic heterocycles. The fourth-order valence-electron chi connectivity index (χ4n) is 1.71. The van der Waals surface area contributed by atoms with Crippen molar-refractivity contribution in [1.82, 2.24) is 10.2 Å². The first-order valence-corrected chi connectivity index (χ1v) is 6.42. The molecule has 0 aromatic carbocycles. The highest BCUT2D eigenvalue weighted by molar-refractivity contribution is 5.82. The molecule has 5 nitrogen and oxygen atoms in total. The molecule has 106 valence electrons. The minimum Gasteiger partial charge on any atom is -0.480 e. The quantitative estimate of drug-likeness (QED) is 0.768. The Morgan fingerprint density at radius 1 is 1.33 bits per heavy atom. The average Bonchev–Trinajstić information content (AvgIpc) is 2.20. The molecule has 0 saturated carbocycles. The van der Waals surface area contributed by atoms with Crippen molar-refractivity contribution in [2.75, 3.05) is 13.6 Å². The van der Waals surface area contributed by atoms with E-state index in [4.69, 9.17) is 5.11 Å². The number of amides is 2. The Bertz CT molecular complexity index is 284. The van der Waals surface area contributed by atoms with Gasteiger partial charge in [0.05, 0.1) is 0 Å². The second-order valence-electron chi connectivity index (χ2n) is 5.90. The number of hydrogen-bond acceptors (Lipinski definition) is 2. The Balaban J connectivity index is 4.36. The number of carboxylic acid groups (broad SMARTS) is 1. The van der Waals surface area contributed by atoms with Gasteiger partial charge in [-0.05, 0) is 11.8 Å². The van der Waals surface area contributed by atoms with Crippen LogP contribution in [0, 0.1) is 5.41 Å². The van der Waals surface area contributed by atoms with Crippen LogP contribution in [-0.4, -0.2) is 41.6 Å². The molecule has 0 heterocycles. The van der Waals surface area contributed by atoms with Gasteiger partial charge in [0.25, 0.3) is 0 Å². The zero-order valence-electron chi connectivity index (χ0n) is 12.1. The zero-order valence-corrected chi connectivity index (χ0v) is 12.1. The summed E-state index contributed by atoms with van der Waals surface area (Å²) in [5, 5.41) is 11.6. The van der Waals surface area contributed by atoms with Crippen LogP contribution in [0.25, 0.3) is 0 Å². The number of carbonyl (C=O) groups is 2. The van der Waals surface area contributed by atoms with Gasteiger partial charge in [-0.25, -0.2) is 9.59 Å². The maximum atomic E-state index is 11.9. The van der Waals surface area contributed by atoms with E-state index in [0.717, 1.165) is 12.8 Å². The predicted octanol–water partition coefficient (Wildman–Crippen LogP) is 2.32. The maximum absolute atomic E-state index is 11.9. The van der Waals surface area contributed by atoms with Gasteiger partial charge in [-0.15, -0.1) is 0 Å². The molecule has 0 bridgehead atoms. The van der Waals surface area contributed by atoms with Crippen LogP contribution < -0.4 is 5.32 Å². The summed E-state index contributed by atoms with van der Waals surface area (Å²) in [5.74, 6) is -0.971. The molecule has 0 aromatic rings. The molecule has 0 fully saturated rings. The normalized spacial score (nSPS) is 12.9. The number of unbranched alkanes of at least 4 members (excludes halogenated alkanes) is 1. The number of aliphatic carboxylic acids is 1. The molecule has 0 radical (unpaired) electrons. The summed E-state index contributed by atoms with van der Waals surface area (Å²) in [6, 6.07) is -1.12. The zero-order chi connectivity index (χ0) is 14.3. The van der Waals surface area contributed by atoms with Gasteiger partial charge in [0, 0.05) is 13.6 Å². The van der Waals surface area contributed by atoms with Gasteiger partial charge in [0.1, 0.15) is 6.04 Å². The van der Waals surface area contributed by atoms with Gasteiger partial charge in [-0.1, -0.05) is 40.5 Å². The molecular weight excluding hydrogens is 232 g/mol. The highest BCUT2D eigenvalue weighted by Crippen LogP contribution is 2.14. The topological polar surface area (TPSA) is 69.6 Å². The first-order chi connectivity index (χ1) is 8.17. The Morgan fingerprint density at radius 2 is 1.89 bits per heavy atom. The molecule has 0 rings (SSSR count). The number of nitrogens with zero attached hydrogens (tertiary/aromatic N) is 1. The third kappa shape index (κ3) is 7.14. The van der Waals surface area contributed by atoms with Crippen molar-refractivity contribution in [3.05, 3.63) is 0 Å². The van der Waals surface area contributed by atoms with Crippen LogP contribution >= 0.6 is 0 Å². The second-order valence-corrected chi connectivity index (χ2v) is 5.90. The number of rotatable bonds is 6. The minimum atomic E-state index is -0.971. The Labute approximate surface area is 110 Å². The van der Waals surface area contributed by atoms with Crippen molar-refractivity contribution in [2.24, 2.45) is 5.41 Å². The van der Waals surface area contributed by atoms with Crippen LogP contribution in [0.2, 0.25) is 0 Å². The monoisotopic (exact) mass is 258 g/mol. The molecule has 1 unspecified atom stereocenters. The van der Waals surface area contributed by atoms with E-state index < -0.39 is 12.0 Å². The molecule has 0 aromatic heterocycles. The molecule has 2 amide bonds. The van der Waals surface area contributed by atoms with E-state index >= 15 is 0 Å². The summed E-state index contributed by atoms with van der Waals surface area (Å²) < 4.78 is 0. The first kappa shape index (κ1) is 16.7. The van der Waals surface area contributed by atoms with Gasteiger partial charge in [-0.3, -0.25) is 0 Å². The van der Waals surface area contributed by atoms with Gasteiger partial charge < -0.3 is 15.3 Å². The van der Waals surface area contributed by atoms with E-state index in [1.807, 2.05) is 27.7 Å². The smallest absolute Gasteiger partial charge is 0.326 e. The summed E-state index contributed by atoms with van der Waals surface area (Å²) in [7, 11) is 1.68. The molecule has 18 heavy (non-hydrogen) atoms. The molecule has 2 N–H and O–H groups in total. The van der Waals surface area contributed by atoms with Crippen LogP contribution in [0.15, 0.2) is 0 Å². The van der Waals surface area contributed by atoms with Crippen molar-refractivity contribution in [3.63, 3.8) is 0 Å². The fraction of sp³-hybridized carbons (Fsp3) is 0.846. The van der Waals surface area contributed by atoms with Crippen LogP contribution in [0.4, 0.5) is 4.79 Å². The third-order valence-corrected chi connectivity index (χ3v) is 2.50. The molecule has 0 aliphatic carbocycles. The summed E-state index contributed by atoms with van der Waals surface area (Å²) in [6.07, 6.45) is 2.18. The van der Waals surface area contributed by atoms with E-state index in [1.165, 1.54) is 4.90 Å². The molecule has 0 spiro atoms. The SMILES string of the molecule is CCCCC(NC(=O)N(C)CC(C)(C)C)C(=O)O. The van der Waals surface area contributed by atoms with Crippen molar-refractivity contribution < 1.29 is 14.7 Å². The molecule has 1 atom stereocenters. The maximum Gasteiger partial charge on any atom is 0.326 e. The number of carbonyl (C=O) groups excluding carboxylic acids is 1. The van der Waals surface area contributed by atoms with E-state index in [0.29, 0.717) is 13.0 Å². The summed E-state index contributed by atoms with van der Waals surface area (Å²) in [6.45, 7) is 8.67. The highest BCUT2D eigenvalue weighted by atomic mass is 16.4. The second kappa shape index (κ2) is 7.24. The third-order valence-electron chi connectivity index (χ3n) is 2.50. The van der Waals surface area contributed by atoms with Crippen molar-refractivity contribution in [3.8, 4) is 0 Å². The van der Waals surface area contributed by atoms with Gasteiger partial charge in [0.15, 0.2) is 0 Å². The lowest BCUT2D eigenvalue weighted by Crippen LogP contribution is -2.48. The predicted molar refractivity (Wildman–Crippen MR) is 71.6 cm³/mol. The minimum absolute atomic E-state index is 0.00573. The Hall–Kier alpha value is -1.26. The number of hydrogen-bond donors (Lipinski definition) is 2. The lowest BCUT2D eigenvalue weighted by Gasteiger charge is -2.28. The summed E-state index contributed by atoms with van der Waals surface area (Å²) in [5.41, 5.74) is -0.00573. The van der Waals surface area contributed by atoms with E-state index in [1.54, 1.807) is 7.05 Å². The Morgan fingerprint density at radius 3 is 2.28 bits per heavy atom. The van der Waals surface area contributed by atoms with Gasteiger partial charge in [0.2, 0.25) is 0 Å². The largest absolute Gasteiger partial charge is 0.480 e. The highest BCUT2D eigenvalue weighted by Gasteiger charge is 2.23. The van der Waals surface area contributed by atoms with Crippen molar-refractivity contribution in [2.45, 2.75) is 53.0 Å². The van der Waals surface area contributed by atoms with Crippen molar-refractivity contribution >= 4 is 12.0 Å². The molecule has 5 heteroatoms. The van der Waals surface area contributed by atoms with Gasteiger partial charge in [-0.2, -0.15) is 0 Å². The number of carboxylic acids is 1. The molecule has 0 saturated heterocycles. The van der Waals surface area contributed by atoms with E-state index in [2.05, 4.69) is 5.32 Å². The fourth-order valence-corrected chi connectivity index (χ4v) is 1.71. The average molecular weight is 258 g/mol. The first-order valence-electron chi connectivity index (χ1n) is 6.42. The lowest BCUT2D eigenvalue weighted by molar-refractivity contribution is -0.139. The van der Waals surface area contributed by atoms with Crippen LogP contribution in [0.3, 0.4) is 0 Å². The standard InChI is InChI=1S/C13H26N2O3/c1-6-7-8-10(11(16)17)14-12(18)15(5)9-13(2,3)4/h10H,6-9H2,1-5H3,(H,14,18)(H,16,17). The molecule has 0 aliphatic rings.